The lowest BCUT2D eigenvalue weighted by Gasteiger charge is -2.52. The van der Waals surface area contributed by atoms with E-state index in [-0.39, 0.29) is 0 Å². The molecule has 0 amide bonds. The highest BCUT2D eigenvalue weighted by Gasteiger charge is 2.47. The summed E-state index contributed by atoms with van der Waals surface area (Å²) in [7, 11) is 0. The SMILES string of the molecule is CC(C)C1CCCOC12CCC2. The van der Waals surface area contributed by atoms with Crippen molar-refractivity contribution in [3.63, 3.8) is 0 Å². The molecule has 1 aliphatic heterocycles. The third kappa shape index (κ3) is 1.19. The number of ether oxygens (including phenoxy) is 1. The maximum Gasteiger partial charge on any atom is 0.0713 e. The zero-order chi connectivity index (χ0) is 8.60. The number of hydrogen-bond acceptors (Lipinski definition) is 1. The van der Waals surface area contributed by atoms with Crippen LogP contribution < -0.4 is 0 Å². The molecule has 1 nitrogen and oxygen atoms in total. The van der Waals surface area contributed by atoms with Crippen LogP contribution in [0.2, 0.25) is 0 Å². The van der Waals surface area contributed by atoms with Crippen LogP contribution >= 0.6 is 0 Å². The number of rotatable bonds is 1. The van der Waals surface area contributed by atoms with E-state index in [1.807, 2.05) is 0 Å². The molecular weight excluding hydrogens is 148 g/mol. The molecule has 0 aromatic carbocycles. The molecule has 1 heteroatoms. The normalized spacial score (nSPS) is 33.8. The molecule has 1 unspecified atom stereocenters. The minimum absolute atomic E-state index is 0.340. The van der Waals surface area contributed by atoms with Crippen LogP contribution in [0.1, 0.15) is 46.0 Å². The van der Waals surface area contributed by atoms with Gasteiger partial charge < -0.3 is 4.74 Å². The zero-order valence-corrected chi connectivity index (χ0v) is 8.31. The van der Waals surface area contributed by atoms with Gasteiger partial charge in [0, 0.05) is 6.61 Å². The zero-order valence-electron chi connectivity index (χ0n) is 8.31. The molecular formula is C11H20O. The van der Waals surface area contributed by atoms with Gasteiger partial charge in [0.25, 0.3) is 0 Å². The highest BCUT2D eigenvalue weighted by Crippen LogP contribution is 2.48. The van der Waals surface area contributed by atoms with Crippen LogP contribution in [0, 0.1) is 11.8 Å². The molecule has 12 heavy (non-hydrogen) atoms. The van der Waals surface area contributed by atoms with E-state index in [4.69, 9.17) is 4.74 Å². The highest BCUT2D eigenvalue weighted by atomic mass is 16.5. The summed E-state index contributed by atoms with van der Waals surface area (Å²) in [6.07, 6.45) is 6.73. The standard InChI is InChI=1S/C11H20O/c1-9(2)10-5-3-8-12-11(10)6-4-7-11/h9-10H,3-8H2,1-2H3. The molecule has 2 rings (SSSR count). The van der Waals surface area contributed by atoms with Gasteiger partial charge in [0.1, 0.15) is 0 Å². The van der Waals surface area contributed by atoms with Crippen molar-refractivity contribution < 1.29 is 4.74 Å². The Bertz CT molecular complexity index is 158. The first-order chi connectivity index (χ1) is 5.75. The lowest BCUT2D eigenvalue weighted by molar-refractivity contribution is -0.175. The van der Waals surface area contributed by atoms with Crippen LogP contribution in [-0.2, 0) is 4.74 Å². The summed E-state index contributed by atoms with van der Waals surface area (Å²) >= 11 is 0. The van der Waals surface area contributed by atoms with Crippen LogP contribution in [-0.4, -0.2) is 12.2 Å². The van der Waals surface area contributed by atoms with E-state index >= 15 is 0 Å². The Morgan fingerprint density at radius 1 is 1.25 bits per heavy atom. The summed E-state index contributed by atoms with van der Waals surface area (Å²) in [6, 6.07) is 0. The topological polar surface area (TPSA) is 9.23 Å². The van der Waals surface area contributed by atoms with Gasteiger partial charge in [-0.25, -0.2) is 0 Å². The molecule has 1 saturated heterocycles. The minimum atomic E-state index is 0.340. The van der Waals surface area contributed by atoms with Crippen LogP contribution in [0.15, 0.2) is 0 Å². The molecule has 2 fully saturated rings. The largest absolute Gasteiger partial charge is 0.375 e. The molecule has 2 aliphatic rings. The Morgan fingerprint density at radius 2 is 2.00 bits per heavy atom. The van der Waals surface area contributed by atoms with Gasteiger partial charge in [-0.1, -0.05) is 13.8 Å². The van der Waals surface area contributed by atoms with Gasteiger partial charge in [0.05, 0.1) is 5.60 Å². The van der Waals surface area contributed by atoms with Crippen molar-refractivity contribution in [3.05, 3.63) is 0 Å². The van der Waals surface area contributed by atoms with Gasteiger partial charge in [-0.15, -0.1) is 0 Å². The Kier molecular flexibility index (Phi) is 2.16. The second-order valence-electron chi connectivity index (χ2n) is 4.76. The highest BCUT2D eigenvalue weighted by molar-refractivity contribution is 4.98. The van der Waals surface area contributed by atoms with E-state index in [0.29, 0.717) is 5.60 Å². The fourth-order valence-corrected chi connectivity index (χ4v) is 2.93. The van der Waals surface area contributed by atoms with Crippen molar-refractivity contribution in [2.24, 2.45) is 11.8 Å². The predicted molar refractivity (Wildman–Crippen MR) is 50.1 cm³/mol. The summed E-state index contributed by atoms with van der Waals surface area (Å²) in [4.78, 5) is 0. The van der Waals surface area contributed by atoms with Gasteiger partial charge in [0.15, 0.2) is 0 Å². The molecule has 1 heterocycles. The maximum atomic E-state index is 5.98. The lowest BCUT2D eigenvalue weighted by atomic mass is 9.64. The molecule has 70 valence electrons. The van der Waals surface area contributed by atoms with Gasteiger partial charge in [-0.05, 0) is 43.9 Å². The molecule has 1 spiro atoms. The lowest BCUT2D eigenvalue weighted by Crippen LogP contribution is -2.51. The van der Waals surface area contributed by atoms with Crippen molar-refractivity contribution in [1.82, 2.24) is 0 Å². The van der Waals surface area contributed by atoms with E-state index < -0.39 is 0 Å². The van der Waals surface area contributed by atoms with E-state index in [1.165, 1.54) is 32.1 Å². The number of hydrogen-bond donors (Lipinski definition) is 0. The summed E-state index contributed by atoms with van der Waals surface area (Å²) < 4.78 is 5.98. The molecule has 0 aromatic heterocycles. The summed E-state index contributed by atoms with van der Waals surface area (Å²) in [5, 5.41) is 0. The second-order valence-corrected chi connectivity index (χ2v) is 4.76. The van der Waals surface area contributed by atoms with Crippen molar-refractivity contribution in [2.45, 2.75) is 51.6 Å². The second kappa shape index (κ2) is 3.02. The smallest absolute Gasteiger partial charge is 0.0713 e. The van der Waals surface area contributed by atoms with Gasteiger partial charge >= 0.3 is 0 Å². The van der Waals surface area contributed by atoms with Crippen LogP contribution in [0.25, 0.3) is 0 Å². The molecule has 0 N–H and O–H groups in total. The minimum Gasteiger partial charge on any atom is -0.375 e. The molecule has 0 radical (unpaired) electrons. The van der Waals surface area contributed by atoms with Crippen LogP contribution in [0.4, 0.5) is 0 Å². The average Bonchev–Trinajstić information content (AvgIpc) is 2.01. The van der Waals surface area contributed by atoms with Gasteiger partial charge in [-0.3, -0.25) is 0 Å². The quantitative estimate of drug-likeness (QED) is 0.585. The first kappa shape index (κ1) is 8.55. The first-order valence-electron chi connectivity index (χ1n) is 5.38. The van der Waals surface area contributed by atoms with Crippen molar-refractivity contribution in [2.75, 3.05) is 6.61 Å². The van der Waals surface area contributed by atoms with E-state index in [2.05, 4.69) is 13.8 Å². The van der Waals surface area contributed by atoms with Gasteiger partial charge in [-0.2, -0.15) is 0 Å². The summed E-state index contributed by atoms with van der Waals surface area (Å²) in [5.41, 5.74) is 0.340. The van der Waals surface area contributed by atoms with E-state index in [0.717, 1.165) is 18.4 Å². The molecule has 0 aromatic rings. The Hall–Kier alpha value is -0.0400. The maximum absolute atomic E-state index is 5.98. The van der Waals surface area contributed by atoms with Crippen LogP contribution in [0.3, 0.4) is 0 Å². The van der Waals surface area contributed by atoms with E-state index in [9.17, 15) is 0 Å². The Balaban J connectivity index is 2.06. The monoisotopic (exact) mass is 168 g/mol. The Labute approximate surface area is 75.5 Å². The molecule has 1 atom stereocenters. The predicted octanol–water partition coefficient (Wildman–Crippen LogP) is 2.99. The fourth-order valence-electron chi connectivity index (χ4n) is 2.93. The fraction of sp³-hybridized carbons (Fsp3) is 1.00. The summed E-state index contributed by atoms with van der Waals surface area (Å²) in [6.45, 7) is 5.71. The van der Waals surface area contributed by atoms with Crippen LogP contribution in [0.5, 0.6) is 0 Å². The average molecular weight is 168 g/mol. The van der Waals surface area contributed by atoms with Crippen molar-refractivity contribution in [1.29, 1.82) is 0 Å². The van der Waals surface area contributed by atoms with Crippen molar-refractivity contribution >= 4 is 0 Å². The summed E-state index contributed by atoms with van der Waals surface area (Å²) in [5.74, 6) is 1.66. The van der Waals surface area contributed by atoms with Crippen molar-refractivity contribution in [3.8, 4) is 0 Å². The van der Waals surface area contributed by atoms with Gasteiger partial charge in [0.2, 0.25) is 0 Å². The first-order valence-corrected chi connectivity index (χ1v) is 5.38. The third-order valence-electron chi connectivity index (χ3n) is 3.73. The third-order valence-corrected chi connectivity index (χ3v) is 3.73. The van der Waals surface area contributed by atoms with E-state index in [1.54, 1.807) is 0 Å². The molecule has 1 saturated carbocycles. The molecule has 0 bridgehead atoms. The Morgan fingerprint density at radius 3 is 2.42 bits per heavy atom. The molecule has 1 aliphatic carbocycles.